The molecule has 0 aliphatic rings. The monoisotopic (exact) mass is 201 g/mol. The Kier molecular flexibility index (Phi) is 6.04. The van der Waals surface area contributed by atoms with Crippen LogP contribution in [0.15, 0.2) is 0 Å². The zero-order valence-corrected chi connectivity index (χ0v) is 10.2. The molecule has 0 saturated heterocycles. The first-order valence-corrected chi connectivity index (χ1v) is 8.67. The summed E-state index contributed by atoms with van der Waals surface area (Å²) in [5.74, 6) is -0.143. The van der Waals surface area contributed by atoms with E-state index in [2.05, 4.69) is 20.0 Å². The lowest BCUT2D eigenvalue weighted by molar-refractivity contribution is -0.117. The summed E-state index contributed by atoms with van der Waals surface area (Å²) in [6.45, 7) is 6.93. The molecule has 0 aliphatic carbocycles. The summed E-state index contributed by atoms with van der Waals surface area (Å²) < 4.78 is 0. The van der Waals surface area contributed by atoms with Crippen molar-refractivity contribution in [3.8, 4) is 0 Å². The highest BCUT2D eigenvalue weighted by atomic mass is 28.3. The lowest BCUT2D eigenvalue weighted by Gasteiger charge is -2.21. The summed E-state index contributed by atoms with van der Waals surface area (Å²) in [4.78, 5) is 10.6. The van der Waals surface area contributed by atoms with Crippen LogP contribution in [0, 0.1) is 0 Å². The van der Waals surface area contributed by atoms with Gasteiger partial charge in [-0.15, -0.1) is 0 Å². The second kappa shape index (κ2) is 6.19. The van der Waals surface area contributed by atoms with Gasteiger partial charge in [-0.1, -0.05) is 45.3 Å². The minimum atomic E-state index is -1.10. The number of hydrogen-bond acceptors (Lipinski definition) is 1. The Morgan fingerprint density at radius 2 is 1.85 bits per heavy atom. The summed E-state index contributed by atoms with van der Waals surface area (Å²) in [5, 5.41) is 0. The number of rotatable bonds is 7. The van der Waals surface area contributed by atoms with Crippen LogP contribution in [0.2, 0.25) is 25.2 Å². The van der Waals surface area contributed by atoms with Gasteiger partial charge in [-0.05, 0) is 6.04 Å². The van der Waals surface area contributed by atoms with E-state index < -0.39 is 8.07 Å². The maximum atomic E-state index is 10.6. The summed E-state index contributed by atoms with van der Waals surface area (Å²) in [6, 6.07) is 2.40. The molecule has 2 nitrogen and oxygen atoms in total. The standard InChI is InChI=1S/C10H23NOSi/c1-4-5-6-8-13(2,3)9-7-10(11)12/h4-9H2,1-3H3,(H2,11,12). The van der Waals surface area contributed by atoms with Gasteiger partial charge in [0.25, 0.3) is 0 Å². The lowest BCUT2D eigenvalue weighted by Crippen LogP contribution is -2.27. The summed E-state index contributed by atoms with van der Waals surface area (Å²) in [7, 11) is -1.10. The van der Waals surface area contributed by atoms with Crippen LogP contribution in [-0.2, 0) is 4.79 Å². The van der Waals surface area contributed by atoms with Crippen molar-refractivity contribution < 1.29 is 4.79 Å². The van der Waals surface area contributed by atoms with Crippen molar-refractivity contribution in [3.05, 3.63) is 0 Å². The van der Waals surface area contributed by atoms with E-state index in [4.69, 9.17) is 5.73 Å². The second-order valence-corrected chi connectivity index (χ2v) is 9.92. The number of carbonyl (C=O) groups excluding carboxylic acids is 1. The van der Waals surface area contributed by atoms with Gasteiger partial charge in [0.15, 0.2) is 0 Å². The predicted octanol–water partition coefficient (Wildman–Crippen LogP) is 2.76. The number of hydrogen-bond donors (Lipinski definition) is 1. The Labute approximate surface area is 82.9 Å². The number of unbranched alkanes of at least 4 members (excludes halogenated alkanes) is 2. The molecule has 0 atom stereocenters. The molecular weight excluding hydrogens is 178 g/mol. The molecule has 0 aromatic heterocycles. The van der Waals surface area contributed by atoms with Crippen molar-refractivity contribution in [3.63, 3.8) is 0 Å². The van der Waals surface area contributed by atoms with E-state index in [-0.39, 0.29) is 5.91 Å². The average molecular weight is 201 g/mol. The van der Waals surface area contributed by atoms with Crippen molar-refractivity contribution in [1.29, 1.82) is 0 Å². The summed E-state index contributed by atoms with van der Waals surface area (Å²) in [6.07, 6.45) is 4.52. The van der Waals surface area contributed by atoms with Crippen LogP contribution in [0.1, 0.15) is 32.6 Å². The number of nitrogens with two attached hydrogens (primary N) is 1. The van der Waals surface area contributed by atoms with E-state index >= 15 is 0 Å². The van der Waals surface area contributed by atoms with Gasteiger partial charge < -0.3 is 5.73 Å². The van der Waals surface area contributed by atoms with E-state index in [0.29, 0.717) is 6.42 Å². The van der Waals surface area contributed by atoms with Crippen LogP contribution < -0.4 is 5.73 Å². The van der Waals surface area contributed by atoms with E-state index in [9.17, 15) is 4.79 Å². The smallest absolute Gasteiger partial charge is 0.217 e. The van der Waals surface area contributed by atoms with Crippen molar-refractivity contribution in [1.82, 2.24) is 0 Å². The first-order chi connectivity index (χ1) is 5.98. The van der Waals surface area contributed by atoms with Gasteiger partial charge in [-0.25, -0.2) is 0 Å². The zero-order chi connectivity index (χ0) is 10.3. The molecule has 0 rings (SSSR count). The summed E-state index contributed by atoms with van der Waals surface area (Å²) >= 11 is 0. The van der Waals surface area contributed by atoms with Gasteiger partial charge in [0, 0.05) is 14.5 Å². The molecule has 2 N–H and O–H groups in total. The molecule has 78 valence electrons. The SMILES string of the molecule is CCCCC[Si](C)(C)CCC(N)=O. The molecule has 0 aromatic rings. The maximum Gasteiger partial charge on any atom is 0.217 e. The van der Waals surface area contributed by atoms with Crippen molar-refractivity contribution >= 4 is 14.0 Å². The largest absolute Gasteiger partial charge is 0.370 e. The third-order valence-electron chi connectivity index (χ3n) is 2.51. The van der Waals surface area contributed by atoms with Crippen LogP contribution in [0.25, 0.3) is 0 Å². The third kappa shape index (κ3) is 8.03. The second-order valence-electron chi connectivity index (χ2n) is 4.59. The fraction of sp³-hybridized carbons (Fsp3) is 0.900. The van der Waals surface area contributed by atoms with E-state index in [1.54, 1.807) is 0 Å². The van der Waals surface area contributed by atoms with Gasteiger partial charge in [0.1, 0.15) is 0 Å². The van der Waals surface area contributed by atoms with Gasteiger partial charge in [0.05, 0.1) is 0 Å². The fourth-order valence-electron chi connectivity index (χ4n) is 1.44. The predicted molar refractivity (Wildman–Crippen MR) is 60.4 cm³/mol. The Morgan fingerprint density at radius 3 is 2.31 bits per heavy atom. The number of primary amides is 1. The first kappa shape index (κ1) is 12.7. The molecule has 0 aliphatic heterocycles. The zero-order valence-electron chi connectivity index (χ0n) is 9.23. The Bertz CT molecular complexity index is 157. The molecular formula is C10H23NOSi. The van der Waals surface area contributed by atoms with E-state index in [1.807, 2.05) is 0 Å². The van der Waals surface area contributed by atoms with E-state index in [1.165, 1.54) is 25.3 Å². The van der Waals surface area contributed by atoms with Crippen LogP contribution in [0.5, 0.6) is 0 Å². The topological polar surface area (TPSA) is 43.1 Å². The summed E-state index contributed by atoms with van der Waals surface area (Å²) in [5.41, 5.74) is 5.14. The Balaban J connectivity index is 3.59. The molecule has 1 amide bonds. The first-order valence-electron chi connectivity index (χ1n) is 5.26. The Morgan fingerprint density at radius 1 is 1.23 bits per heavy atom. The van der Waals surface area contributed by atoms with Crippen LogP contribution in [0.3, 0.4) is 0 Å². The third-order valence-corrected chi connectivity index (χ3v) is 5.82. The number of amides is 1. The van der Waals surface area contributed by atoms with Crippen molar-refractivity contribution in [2.75, 3.05) is 0 Å². The average Bonchev–Trinajstić information content (AvgIpc) is 2.02. The lowest BCUT2D eigenvalue weighted by atomic mass is 10.3. The molecule has 0 radical (unpaired) electrons. The van der Waals surface area contributed by atoms with E-state index in [0.717, 1.165) is 6.04 Å². The minimum absolute atomic E-state index is 0.143. The van der Waals surface area contributed by atoms with Crippen molar-refractivity contribution in [2.24, 2.45) is 5.73 Å². The molecule has 0 spiro atoms. The quantitative estimate of drug-likeness (QED) is 0.499. The van der Waals surface area contributed by atoms with Gasteiger partial charge in [0.2, 0.25) is 5.91 Å². The van der Waals surface area contributed by atoms with Crippen LogP contribution in [-0.4, -0.2) is 14.0 Å². The highest BCUT2D eigenvalue weighted by Gasteiger charge is 2.20. The molecule has 3 heteroatoms. The van der Waals surface area contributed by atoms with Crippen LogP contribution >= 0.6 is 0 Å². The highest BCUT2D eigenvalue weighted by molar-refractivity contribution is 6.77. The fourth-order valence-corrected chi connectivity index (χ4v) is 3.82. The maximum absolute atomic E-state index is 10.6. The van der Waals surface area contributed by atoms with Crippen molar-refractivity contribution in [2.45, 2.75) is 57.8 Å². The molecule has 13 heavy (non-hydrogen) atoms. The molecule has 0 unspecified atom stereocenters. The Hall–Kier alpha value is -0.313. The van der Waals surface area contributed by atoms with Gasteiger partial charge in [-0.3, -0.25) is 4.79 Å². The highest BCUT2D eigenvalue weighted by Crippen LogP contribution is 2.20. The molecule has 0 saturated carbocycles. The minimum Gasteiger partial charge on any atom is -0.370 e. The van der Waals surface area contributed by atoms with Crippen LogP contribution in [0.4, 0.5) is 0 Å². The van der Waals surface area contributed by atoms with Gasteiger partial charge in [-0.2, -0.15) is 0 Å². The molecule has 0 fully saturated rings. The normalized spacial score (nSPS) is 11.6. The number of carbonyl (C=O) groups is 1. The van der Waals surface area contributed by atoms with Gasteiger partial charge >= 0.3 is 0 Å². The molecule has 0 heterocycles. The molecule has 0 aromatic carbocycles. The molecule has 0 bridgehead atoms.